The van der Waals surface area contributed by atoms with Crippen molar-refractivity contribution in [1.82, 2.24) is 9.97 Å². The predicted molar refractivity (Wildman–Crippen MR) is 311 cm³/mol. The molecule has 1 atom stereocenters. The van der Waals surface area contributed by atoms with Crippen molar-refractivity contribution in [1.29, 1.82) is 0 Å². The number of para-hydroxylation sites is 2. The second-order valence-electron chi connectivity index (χ2n) is 17.3. The van der Waals surface area contributed by atoms with Crippen LogP contribution in [0.1, 0.15) is 123 Å². The molecule has 1 N–H and O–H groups in total. The SMILES string of the molecule is CCCCc1cc[c-]cc1.CCCCc1ccc(N=Cc2nc(-c3ccccc3OC)cs2)cc1.CCCCc1ccc(NC(c2ccc(CCCC)cc2)c2nc(-c3ccccc3OC)cs2)cc1.[B].[Br-].[Mg+2]. The van der Waals surface area contributed by atoms with E-state index in [1.165, 1.54) is 85.6 Å². The van der Waals surface area contributed by atoms with E-state index in [2.05, 4.69) is 145 Å². The molecule has 0 fully saturated rings. The molecular weight excluding hydrogens is 1010 g/mol. The number of hydrogen-bond donors (Lipinski definition) is 1. The van der Waals surface area contributed by atoms with Gasteiger partial charge in [0.05, 0.1) is 37.5 Å². The number of anilines is 1. The minimum Gasteiger partial charge on any atom is -1.00 e. The van der Waals surface area contributed by atoms with E-state index in [-0.39, 0.29) is 54.5 Å². The monoisotopic (exact) mass is 1080 g/mol. The molecule has 6 nitrogen and oxygen atoms in total. The summed E-state index contributed by atoms with van der Waals surface area (Å²) in [6.07, 6.45) is 16.3. The molecule has 8 aromatic rings. The van der Waals surface area contributed by atoms with Crippen LogP contribution in [0.5, 0.6) is 11.5 Å². The van der Waals surface area contributed by atoms with Crippen LogP contribution < -0.4 is 31.8 Å². The van der Waals surface area contributed by atoms with Gasteiger partial charge < -0.3 is 31.8 Å². The number of methoxy groups -OCH3 is 2. The molecule has 73 heavy (non-hydrogen) atoms. The molecule has 0 aliphatic rings. The van der Waals surface area contributed by atoms with Crippen LogP contribution in [-0.4, -0.2) is 61.9 Å². The van der Waals surface area contributed by atoms with Crippen LogP contribution in [0, 0.1) is 6.07 Å². The minimum absolute atomic E-state index is 0. The van der Waals surface area contributed by atoms with Gasteiger partial charge >= 0.3 is 23.1 Å². The molecule has 0 aliphatic carbocycles. The predicted octanol–water partition coefficient (Wildman–Crippen LogP) is 13.7. The van der Waals surface area contributed by atoms with E-state index in [4.69, 9.17) is 14.5 Å². The van der Waals surface area contributed by atoms with E-state index in [0.29, 0.717) is 0 Å². The van der Waals surface area contributed by atoms with Crippen LogP contribution in [0.4, 0.5) is 11.4 Å². The Morgan fingerprint density at radius 3 is 1.49 bits per heavy atom. The first-order valence-electron chi connectivity index (χ1n) is 25.1. The molecule has 375 valence electrons. The van der Waals surface area contributed by atoms with Gasteiger partial charge in [-0.2, -0.15) is 35.9 Å². The molecule has 0 saturated carbocycles. The van der Waals surface area contributed by atoms with Gasteiger partial charge in [-0.1, -0.05) is 139 Å². The molecule has 8 rings (SSSR count). The summed E-state index contributed by atoms with van der Waals surface area (Å²) < 4.78 is 11.0. The van der Waals surface area contributed by atoms with Gasteiger partial charge in [0.1, 0.15) is 27.6 Å². The van der Waals surface area contributed by atoms with Crippen LogP contribution in [-0.2, 0) is 25.7 Å². The van der Waals surface area contributed by atoms with Crippen LogP contribution in [0.2, 0.25) is 0 Å². The van der Waals surface area contributed by atoms with Gasteiger partial charge in [0.25, 0.3) is 0 Å². The molecule has 0 spiro atoms. The largest absolute Gasteiger partial charge is 2.00 e. The fourth-order valence-electron chi connectivity index (χ4n) is 7.82. The van der Waals surface area contributed by atoms with Crippen molar-refractivity contribution in [2.45, 2.75) is 111 Å². The number of hydrogen-bond acceptors (Lipinski definition) is 8. The summed E-state index contributed by atoms with van der Waals surface area (Å²) in [7, 11) is 3.39. The van der Waals surface area contributed by atoms with Crippen LogP contribution >= 0.6 is 22.7 Å². The Morgan fingerprint density at radius 2 is 1.00 bits per heavy atom. The van der Waals surface area contributed by atoms with Crippen LogP contribution in [0.15, 0.2) is 161 Å². The van der Waals surface area contributed by atoms with Gasteiger partial charge in [0, 0.05) is 36.0 Å². The number of nitrogens with zero attached hydrogens (tertiary/aromatic N) is 3. The van der Waals surface area contributed by atoms with Gasteiger partial charge in [-0.05, 0) is 109 Å². The Balaban J connectivity index is 0.000000323. The standard InChI is InChI=1S/C31H36N2OS.C21H22N2OS.C10H13.B.BrH.Mg/c1-4-6-10-23-14-18-25(19-15-23)30(32-26-20-16-24(17-21-26)11-7-5-2)31-33-28(22-35-31)27-12-8-9-13-29(27)34-3;1-3-4-7-16-10-12-17(13-11-16)22-14-21-23-19(15-25-21)18-8-5-6-9-20(18)24-2;1-2-3-7-10-8-5-4-6-9-10;;;/h8-9,12-22,30,32H,4-7,10-11H2,1-3H3;5-6,8-15H,3-4,7H2,1-2H3;5-6,8-9H,2-3,7H2,1H3;;1H;/q;;-1;;;+2/p-1. The number of rotatable bonds is 22. The number of benzene rings is 6. The van der Waals surface area contributed by atoms with Gasteiger partial charge in [-0.3, -0.25) is 4.99 Å². The van der Waals surface area contributed by atoms with Crippen molar-refractivity contribution in [2.24, 2.45) is 4.99 Å². The van der Waals surface area contributed by atoms with Crippen molar-refractivity contribution in [2.75, 3.05) is 19.5 Å². The molecule has 0 amide bonds. The number of ether oxygens (including phenoxy) is 2. The maximum atomic E-state index is 5.58. The molecule has 2 heterocycles. The number of aromatic nitrogens is 2. The van der Waals surface area contributed by atoms with Crippen molar-refractivity contribution in [3.8, 4) is 34.0 Å². The van der Waals surface area contributed by atoms with Gasteiger partial charge in [0.15, 0.2) is 0 Å². The fourth-order valence-corrected chi connectivity index (χ4v) is 9.39. The van der Waals surface area contributed by atoms with Crippen molar-refractivity contribution >= 4 is 71.7 Å². The van der Waals surface area contributed by atoms with E-state index in [1.54, 1.807) is 36.9 Å². The maximum absolute atomic E-state index is 5.58. The van der Waals surface area contributed by atoms with Gasteiger partial charge in [0.2, 0.25) is 0 Å². The molecule has 1 unspecified atom stereocenters. The number of aliphatic imine (C=N–C) groups is 1. The van der Waals surface area contributed by atoms with E-state index < -0.39 is 0 Å². The van der Waals surface area contributed by atoms with Crippen molar-refractivity contribution < 1.29 is 26.5 Å². The average molecular weight is 1080 g/mol. The molecule has 11 heteroatoms. The summed E-state index contributed by atoms with van der Waals surface area (Å²) in [6, 6.07) is 53.6. The molecule has 2 aromatic heterocycles. The summed E-state index contributed by atoms with van der Waals surface area (Å²) in [6.45, 7) is 8.91. The Hall–Kier alpha value is -5.04. The molecule has 0 aliphatic heterocycles. The van der Waals surface area contributed by atoms with Crippen molar-refractivity contribution in [3.05, 3.63) is 200 Å². The molecule has 0 saturated heterocycles. The van der Waals surface area contributed by atoms with E-state index in [1.807, 2.05) is 66.2 Å². The first-order valence-corrected chi connectivity index (χ1v) is 26.9. The summed E-state index contributed by atoms with van der Waals surface area (Å²) in [4.78, 5) is 14.3. The number of thiazole rings is 2. The van der Waals surface area contributed by atoms with Crippen molar-refractivity contribution in [3.63, 3.8) is 0 Å². The zero-order valence-corrected chi connectivity index (χ0v) is 48.4. The minimum atomic E-state index is -0.0230. The number of nitrogens with one attached hydrogen (secondary N) is 1. The summed E-state index contributed by atoms with van der Waals surface area (Å²) in [5.41, 5.74) is 12.8. The average Bonchev–Trinajstić information content (AvgIpc) is 4.12. The zero-order chi connectivity index (χ0) is 49.2. The molecular formula is C62H71BBrMgN4O2S2. The topological polar surface area (TPSA) is 68.6 Å². The first-order chi connectivity index (χ1) is 34.4. The van der Waals surface area contributed by atoms with Gasteiger partial charge in [-0.15, -0.1) is 22.7 Å². The normalized spacial score (nSPS) is 10.8. The quantitative estimate of drug-likeness (QED) is 0.0416. The summed E-state index contributed by atoms with van der Waals surface area (Å²) in [5.74, 6) is 1.68. The first kappa shape index (κ1) is 62.3. The van der Waals surface area contributed by atoms with Crippen LogP contribution in [0.25, 0.3) is 22.5 Å². The third-order valence-corrected chi connectivity index (χ3v) is 13.6. The zero-order valence-electron chi connectivity index (χ0n) is 43.8. The summed E-state index contributed by atoms with van der Waals surface area (Å²) >= 11 is 3.27. The Morgan fingerprint density at radius 1 is 0.562 bits per heavy atom. The second-order valence-corrected chi connectivity index (χ2v) is 19.1. The third-order valence-electron chi connectivity index (χ3n) is 12.0. The number of unbranched alkanes of at least 4 members (excludes halogenated alkanes) is 4. The van der Waals surface area contributed by atoms with Gasteiger partial charge in [-0.25, -0.2) is 9.97 Å². The smallest absolute Gasteiger partial charge is 1.00 e. The van der Waals surface area contributed by atoms with Crippen LogP contribution in [0.3, 0.4) is 0 Å². The summed E-state index contributed by atoms with van der Waals surface area (Å²) in [5, 5.41) is 9.86. The number of aryl methyl sites for hydroxylation is 4. The number of halogens is 1. The fraction of sp³-hybridized carbons (Fsp3) is 0.306. The maximum Gasteiger partial charge on any atom is 2.00 e. The van der Waals surface area contributed by atoms with E-state index in [9.17, 15) is 0 Å². The Kier molecular flexibility index (Phi) is 30.0. The van der Waals surface area contributed by atoms with E-state index in [0.717, 1.165) is 74.7 Å². The third kappa shape index (κ3) is 20.3. The Labute approximate surface area is 474 Å². The molecule has 3 radical (unpaired) electrons. The second kappa shape index (κ2) is 35.2. The van der Waals surface area contributed by atoms with E-state index >= 15 is 0 Å². The molecule has 0 bridgehead atoms. The molecule has 6 aromatic carbocycles. The Bertz CT molecular complexity index is 2730.